The van der Waals surface area contributed by atoms with Gasteiger partial charge in [-0.3, -0.25) is 38.8 Å². The number of amides is 6. The summed E-state index contributed by atoms with van der Waals surface area (Å²) in [5, 5.41) is 13.5. The largest absolute Gasteiger partial charge is 0.370 e. The second kappa shape index (κ2) is 28.1. The summed E-state index contributed by atoms with van der Waals surface area (Å²) in [7, 11) is 0. The van der Waals surface area contributed by atoms with Gasteiger partial charge in [0.2, 0.25) is 35.4 Å². The number of hydrogen-bond acceptors (Lipinski definition) is 9. The van der Waals surface area contributed by atoms with Crippen molar-refractivity contribution in [3.05, 3.63) is 107 Å². The van der Waals surface area contributed by atoms with Gasteiger partial charge in [0.15, 0.2) is 17.9 Å². The van der Waals surface area contributed by atoms with Gasteiger partial charge in [0, 0.05) is 32.0 Å². The minimum atomic E-state index is -1.36. The Morgan fingerprint density at radius 1 is 0.559 bits per heavy atom. The molecule has 0 aliphatic carbocycles. The van der Waals surface area contributed by atoms with E-state index in [1.54, 1.807) is 54.6 Å². The maximum absolute atomic E-state index is 14.5. The molecule has 0 bridgehead atoms. The first-order chi connectivity index (χ1) is 32.3. The van der Waals surface area contributed by atoms with Crippen LogP contribution in [0.4, 0.5) is 10.1 Å². The van der Waals surface area contributed by atoms with Crippen molar-refractivity contribution in [2.24, 2.45) is 61.0 Å². The first kappa shape index (κ1) is 54.3. The second-order valence-corrected chi connectivity index (χ2v) is 16.2. The number of carbonyl (C=O) groups excluding carboxylic acids is 6. The van der Waals surface area contributed by atoms with E-state index >= 15 is 0 Å². The van der Waals surface area contributed by atoms with Crippen molar-refractivity contribution >= 4 is 65.1 Å². The van der Waals surface area contributed by atoms with Crippen molar-refractivity contribution in [3.63, 3.8) is 0 Å². The van der Waals surface area contributed by atoms with Crippen LogP contribution in [-0.4, -0.2) is 96.6 Å². The fourth-order valence-corrected chi connectivity index (χ4v) is 6.68. The Kier molecular flexibility index (Phi) is 22.4. The average molecular weight is 942 g/mol. The predicted molar refractivity (Wildman–Crippen MR) is 259 cm³/mol. The number of nitrogens with two attached hydrogens (primary N) is 7. The lowest BCUT2D eigenvalue weighted by Gasteiger charge is -2.28. The van der Waals surface area contributed by atoms with Crippen LogP contribution < -0.4 is 66.7 Å². The van der Waals surface area contributed by atoms with Gasteiger partial charge in [0.1, 0.15) is 36.0 Å². The van der Waals surface area contributed by atoms with E-state index in [-0.39, 0.29) is 75.4 Å². The van der Waals surface area contributed by atoms with Crippen molar-refractivity contribution in [2.45, 2.75) is 89.0 Å². The van der Waals surface area contributed by atoms with Crippen LogP contribution >= 0.6 is 0 Å². The minimum absolute atomic E-state index is 0.00636. The number of guanidine groups is 3. The monoisotopic (exact) mass is 942 g/mol. The van der Waals surface area contributed by atoms with Gasteiger partial charge < -0.3 is 66.7 Å². The molecule has 19 N–H and O–H groups in total. The smallest absolute Gasteiger partial charge is 0.244 e. The Morgan fingerprint density at radius 2 is 1.01 bits per heavy atom. The van der Waals surface area contributed by atoms with E-state index in [0.29, 0.717) is 23.2 Å². The quantitative estimate of drug-likeness (QED) is 0.0195. The van der Waals surface area contributed by atoms with Gasteiger partial charge in [-0.1, -0.05) is 68.4 Å². The lowest BCUT2D eigenvalue weighted by atomic mass is 9.99. The molecule has 3 aromatic rings. The van der Waals surface area contributed by atoms with Crippen LogP contribution in [0.1, 0.15) is 62.6 Å². The third kappa shape index (κ3) is 20.9. The molecule has 3 aromatic carbocycles. The second-order valence-electron chi connectivity index (χ2n) is 16.2. The molecule has 366 valence electrons. The summed E-state index contributed by atoms with van der Waals surface area (Å²) in [6.07, 6.45) is 3.30. The standard InChI is InChI=1S/C46H64FN15O6/c1-27(2)24-35(41(66)60-34(11-7-23-56-45(51)52)40(65)59-33(39(48)64)10-6-22-55-44(49)50)61-43(68)37(26-30-14-19-32(20-15-30)57-46(53)54)62-42(67)36(25-29-12-17-31(47)18-13-29)58-38(63)21-16-28-8-4-3-5-9-28/h3-5,8-9,12-21,27,33-37H,6-7,10-11,22-26H2,1-2H3,(H2,48,64)(H,58,63)(H,59,65)(H,60,66)(H,61,68)(H,62,67)(H4,49,50,55)(H4,51,52,56)(H4,53,54,57)/t33-,34-,35-,36-,37-/m0/s1. The highest BCUT2D eigenvalue weighted by molar-refractivity contribution is 5.98. The Bertz CT molecular complexity index is 2260. The molecule has 21 nitrogen and oxygen atoms in total. The van der Waals surface area contributed by atoms with Gasteiger partial charge in [-0.05, 0) is 85.1 Å². The highest BCUT2D eigenvalue weighted by Crippen LogP contribution is 2.16. The zero-order valence-electron chi connectivity index (χ0n) is 38.2. The van der Waals surface area contributed by atoms with Crippen LogP contribution in [0.2, 0.25) is 0 Å². The van der Waals surface area contributed by atoms with E-state index in [9.17, 15) is 33.2 Å². The maximum atomic E-state index is 14.5. The molecule has 0 aliphatic heterocycles. The predicted octanol–water partition coefficient (Wildman–Crippen LogP) is -0.708. The Balaban J connectivity index is 1.97. The molecule has 0 unspecified atom stereocenters. The van der Waals surface area contributed by atoms with Crippen molar-refractivity contribution in [1.29, 1.82) is 0 Å². The van der Waals surface area contributed by atoms with Gasteiger partial charge in [0.05, 0.1) is 5.69 Å². The fourth-order valence-electron chi connectivity index (χ4n) is 6.68. The number of aliphatic imine (C=N–C) groups is 3. The number of nitrogens with zero attached hydrogens (tertiary/aromatic N) is 3. The summed E-state index contributed by atoms with van der Waals surface area (Å²) in [5.74, 6) is -5.69. The summed E-state index contributed by atoms with van der Waals surface area (Å²) in [4.78, 5) is 94.2. The van der Waals surface area contributed by atoms with Crippen molar-refractivity contribution < 1.29 is 33.2 Å². The third-order valence-corrected chi connectivity index (χ3v) is 10.0. The normalized spacial score (nSPS) is 13.1. The molecule has 0 saturated carbocycles. The number of benzene rings is 3. The average Bonchev–Trinajstić information content (AvgIpc) is 3.27. The Labute approximate surface area is 394 Å². The zero-order chi connectivity index (χ0) is 50.2. The number of primary amides is 1. The molecule has 0 spiro atoms. The molecule has 0 saturated heterocycles. The number of halogens is 1. The summed E-state index contributed by atoms with van der Waals surface area (Å²) in [6, 6.07) is 14.6. The van der Waals surface area contributed by atoms with E-state index in [4.69, 9.17) is 40.1 Å². The molecule has 3 rings (SSSR count). The summed E-state index contributed by atoms with van der Waals surface area (Å²) in [5.41, 5.74) is 40.6. The molecule has 0 aliphatic rings. The van der Waals surface area contributed by atoms with E-state index in [1.165, 1.54) is 30.3 Å². The van der Waals surface area contributed by atoms with Crippen molar-refractivity contribution in [1.82, 2.24) is 26.6 Å². The molecule has 0 fully saturated rings. The van der Waals surface area contributed by atoms with Gasteiger partial charge in [0.25, 0.3) is 0 Å². The van der Waals surface area contributed by atoms with Crippen molar-refractivity contribution in [3.8, 4) is 0 Å². The van der Waals surface area contributed by atoms with E-state index in [1.807, 2.05) is 19.9 Å². The number of carbonyl (C=O) groups is 6. The SMILES string of the molecule is CC(C)C[C@H](NC(=O)[C@H](Cc1ccc(N=C(N)N)cc1)NC(=O)[C@H](Cc1ccc(F)cc1)NC(=O)C=Cc1ccccc1)C(=O)N[C@@H](CCCN=C(N)N)C(=O)N[C@@H](CCCN=C(N)N)C(N)=O. The Morgan fingerprint density at radius 3 is 1.53 bits per heavy atom. The van der Waals surface area contributed by atoms with Gasteiger partial charge >= 0.3 is 0 Å². The summed E-state index contributed by atoms with van der Waals surface area (Å²) in [6.45, 7) is 3.90. The molecule has 0 heterocycles. The highest BCUT2D eigenvalue weighted by atomic mass is 19.1. The van der Waals surface area contributed by atoms with E-state index < -0.39 is 71.5 Å². The van der Waals surface area contributed by atoms with E-state index in [0.717, 1.165) is 5.56 Å². The summed E-state index contributed by atoms with van der Waals surface area (Å²) < 4.78 is 13.9. The summed E-state index contributed by atoms with van der Waals surface area (Å²) >= 11 is 0. The van der Waals surface area contributed by atoms with Gasteiger partial charge in [-0.15, -0.1) is 0 Å². The lowest BCUT2D eigenvalue weighted by Crippen LogP contribution is -2.59. The third-order valence-electron chi connectivity index (χ3n) is 10.0. The molecule has 0 aromatic heterocycles. The van der Waals surface area contributed by atoms with Crippen LogP contribution in [0.5, 0.6) is 0 Å². The number of nitrogens with one attached hydrogen (secondary N) is 5. The maximum Gasteiger partial charge on any atom is 0.244 e. The van der Waals surface area contributed by atoms with Crippen LogP contribution in [-0.2, 0) is 41.6 Å². The minimum Gasteiger partial charge on any atom is -0.370 e. The van der Waals surface area contributed by atoms with E-state index in [2.05, 4.69) is 41.6 Å². The molecule has 22 heteroatoms. The number of rotatable bonds is 27. The Hall–Kier alpha value is -8.04. The fraction of sp³-hybridized carbons (Fsp3) is 0.370. The van der Waals surface area contributed by atoms with Gasteiger partial charge in [-0.25, -0.2) is 9.38 Å². The van der Waals surface area contributed by atoms with Crippen molar-refractivity contribution in [2.75, 3.05) is 13.1 Å². The molecular weight excluding hydrogens is 878 g/mol. The number of hydrogen-bond donors (Lipinski definition) is 12. The van der Waals surface area contributed by atoms with Crippen LogP contribution in [0.15, 0.2) is 99.9 Å². The first-order valence-electron chi connectivity index (χ1n) is 21.9. The van der Waals surface area contributed by atoms with Crippen LogP contribution in [0.25, 0.3) is 6.08 Å². The topological polar surface area (TPSA) is 382 Å². The molecule has 5 atom stereocenters. The first-order valence-corrected chi connectivity index (χ1v) is 21.9. The molecule has 68 heavy (non-hydrogen) atoms. The zero-order valence-corrected chi connectivity index (χ0v) is 38.2. The molecule has 0 radical (unpaired) electrons. The lowest BCUT2D eigenvalue weighted by molar-refractivity contribution is -0.135. The van der Waals surface area contributed by atoms with Crippen LogP contribution in [0.3, 0.4) is 0 Å². The molecular formula is C46H64FN15O6. The van der Waals surface area contributed by atoms with Gasteiger partial charge in [-0.2, -0.15) is 0 Å². The molecule has 6 amide bonds. The highest BCUT2D eigenvalue weighted by Gasteiger charge is 2.33. The van der Waals surface area contributed by atoms with Crippen LogP contribution in [0, 0.1) is 11.7 Å².